The Morgan fingerprint density at radius 1 is 1.08 bits per heavy atom. The Hall–Kier alpha value is -3.07. The normalized spacial score (nSPS) is 14.9. The van der Waals surface area contributed by atoms with Gasteiger partial charge in [-0.3, -0.25) is 13.9 Å². The summed E-state index contributed by atoms with van der Waals surface area (Å²) in [5, 5.41) is 3.15. The van der Waals surface area contributed by atoms with Gasteiger partial charge in [-0.2, -0.15) is 0 Å². The van der Waals surface area contributed by atoms with E-state index in [0.29, 0.717) is 24.4 Å². The fraction of sp³-hybridized carbons (Fsp3) is 0.517. The van der Waals surface area contributed by atoms with Crippen molar-refractivity contribution in [3.05, 3.63) is 59.7 Å². The molecule has 208 valence electrons. The molecule has 9 heteroatoms. The van der Waals surface area contributed by atoms with Crippen molar-refractivity contribution >= 4 is 27.5 Å². The van der Waals surface area contributed by atoms with Crippen molar-refractivity contribution in [1.82, 2.24) is 10.2 Å². The molecule has 0 aliphatic heterocycles. The third-order valence-corrected chi connectivity index (χ3v) is 8.26. The van der Waals surface area contributed by atoms with E-state index in [0.717, 1.165) is 43.1 Å². The molecule has 0 unspecified atom stereocenters. The van der Waals surface area contributed by atoms with Crippen LogP contribution in [0.3, 0.4) is 0 Å². The molecule has 1 fully saturated rings. The topological polar surface area (TPSA) is 96.0 Å². The van der Waals surface area contributed by atoms with Crippen molar-refractivity contribution in [2.24, 2.45) is 0 Å². The fourth-order valence-corrected chi connectivity index (χ4v) is 5.88. The molecular formula is C29H41N3O5S. The highest BCUT2D eigenvalue weighted by Crippen LogP contribution is 2.23. The van der Waals surface area contributed by atoms with E-state index >= 15 is 0 Å². The van der Waals surface area contributed by atoms with Crippen LogP contribution < -0.4 is 14.4 Å². The maximum absolute atomic E-state index is 13.5. The lowest BCUT2D eigenvalue weighted by molar-refractivity contribution is -0.141. The van der Waals surface area contributed by atoms with Crippen LogP contribution in [0, 0.1) is 6.92 Å². The standard InChI is InChI=1S/C29H41N3O5S/c1-22-10-8-11-24(20-22)21-31(23(2)29(34)30-25-12-6-5-7-13-25)28(33)14-9-19-32(38(4,35)36)26-15-17-27(37-3)18-16-26/h8,10-11,15-18,20,23,25H,5-7,9,12-14,19,21H2,1-4H3,(H,30,34)/t23-/m1/s1. The maximum Gasteiger partial charge on any atom is 0.242 e. The van der Waals surface area contributed by atoms with Gasteiger partial charge in [-0.1, -0.05) is 49.1 Å². The number of ether oxygens (including phenoxy) is 1. The first kappa shape index (κ1) is 29.5. The van der Waals surface area contributed by atoms with Gasteiger partial charge in [-0.15, -0.1) is 0 Å². The summed E-state index contributed by atoms with van der Waals surface area (Å²) in [6.45, 7) is 4.23. The fourth-order valence-electron chi connectivity index (χ4n) is 4.91. The number of anilines is 1. The molecule has 1 aliphatic rings. The maximum atomic E-state index is 13.5. The average molecular weight is 544 g/mol. The van der Waals surface area contributed by atoms with Crippen molar-refractivity contribution < 1.29 is 22.7 Å². The van der Waals surface area contributed by atoms with Gasteiger partial charge in [0.25, 0.3) is 0 Å². The van der Waals surface area contributed by atoms with Gasteiger partial charge >= 0.3 is 0 Å². The molecule has 0 spiro atoms. The first-order valence-electron chi connectivity index (χ1n) is 13.4. The lowest BCUT2D eigenvalue weighted by Gasteiger charge is -2.31. The Labute approximate surface area is 227 Å². The number of rotatable bonds is 12. The zero-order valence-electron chi connectivity index (χ0n) is 23.0. The number of sulfonamides is 1. The number of methoxy groups -OCH3 is 1. The third-order valence-electron chi connectivity index (χ3n) is 7.07. The summed E-state index contributed by atoms with van der Waals surface area (Å²) < 4.78 is 31.5. The molecule has 38 heavy (non-hydrogen) atoms. The minimum absolute atomic E-state index is 0.120. The molecule has 8 nitrogen and oxygen atoms in total. The summed E-state index contributed by atoms with van der Waals surface area (Å²) in [5.74, 6) is 0.305. The van der Waals surface area contributed by atoms with E-state index < -0.39 is 16.1 Å². The number of hydrogen-bond acceptors (Lipinski definition) is 5. The molecule has 1 aliphatic carbocycles. The molecule has 0 heterocycles. The SMILES string of the molecule is COc1ccc(N(CCCC(=O)N(Cc2cccc(C)c2)[C@H](C)C(=O)NC2CCCCC2)S(C)(=O)=O)cc1. The minimum atomic E-state index is -3.55. The molecule has 2 amide bonds. The Morgan fingerprint density at radius 3 is 2.37 bits per heavy atom. The summed E-state index contributed by atoms with van der Waals surface area (Å²) in [5.41, 5.74) is 2.54. The smallest absolute Gasteiger partial charge is 0.242 e. The summed E-state index contributed by atoms with van der Waals surface area (Å²) in [6.07, 6.45) is 6.94. The Bertz CT molecular complexity index is 1180. The lowest BCUT2D eigenvalue weighted by atomic mass is 9.95. The highest BCUT2D eigenvalue weighted by Gasteiger charge is 2.28. The third kappa shape index (κ3) is 8.48. The Balaban J connectivity index is 1.71. The highest BCUT2D eigenvalue weighted by molar-refractivity contribution is 7.92. The monoisotopic (exact) mass is 543 g/mol. The summed E-state index contributed by atoms with van der Waals surface area (Å²) in [7, 11) is -2.00. The molecule has 1 saturated carbocycles. The van der Waals surface area contributed by atoms with E-state index in [1.165, 1.54) is 10.7 Å². The van der Waals surface area contributed by atoms with Crippen LogP contribution in [0.25, 0.3) is 0 Å². The van der Waals surface area contributed by atoms with E-state index in [1.807, 2.05) is 31.2 Å². The Morgan fingerprint density at radius 2 is 1.76 bits per heavy atom. The number of hydrogen-bond donors (Lipinski definition) is 1. The van der Waals surface area contributed by atoms with Crippen molar-refractivity contribution in [1.29, 1.82) is 0 Å². The van der Waals surface area contributed by atoms with Crippen LogP contribution in [0.15, 0.2) is 48.5 Å². The Kier molecular flexibility index (Phi) is 10.6. The molecule has 0 saturated heterocycles. The van der Waals surface area contributed by atoms with Crippen molar-refractivity contribution in [2.45, 2.75) is 77.4 Å². The molecular weight excluding hydrogens is 502 g/mol. The number of amides is 2. The first-order chi connectivity index (χ1) is 18.1. The minimum Gasteiger partial charge on any atom is -0.497 e. The number of carbonyl (C=O) groups is 2. The molecule has 0 radical (unpaired) electrons. The second-order valence-electron chi connectivity index (χ2n) is 10.2. The van der Waals surface area contributed by atoms with Gasteiger partial charge in [-0.25, -0.2) is 8.42 Å². The van der Waals surface area contributed by atoms with Gasteiger partial charge < -0.3 is 15.0 Å². The van der Waals surface area contributed by atoms with Crippen molar-refractivity contribution in [3.63, 3.8) is 0 Å². The summed E-state index contributed by atoms with van der Waals surface area (Å²) in [4.78, 5) is 28.3. The van der Waals surface area contributed by atoms with Crippen LogP contribution in [-0.2, 0) is 26.2 Å². The van der Waals surface area contributed by atoms with E-state index in [9.17, 15) is 18.0 Å². The van der Waals surface area contributed by atoms with Crippen LogP contribution in [0.4, 0.5) is 5.69 Å². The van der Waals surface area contributed by atoms with Gasteiger partial charge in [0.15, 0.2) is 0 Å². The number of carbonyl (C=O) groups excluding carboxylic acids is 2. The van der Waals surface area contributed by atoms with Gasteiger partial charge in [0.05, 0.1) is 19.1 Å². The predicted octanol–water partition coefficient (Wildman–Crippen LogP) is 4.42. The quantitative estimate of drug-likeness (QED) is 0.428. The van der Waals surface area contributed by atoms with Gasteiger partial charge in [0.1, 0.15) is 11.8 Å². The number of nitrogens with zero attached hydrogens (tertiary/aromatic N) is 2. The van der Waals surface area contributed by atoms with Crippen LogP contribution in [0.2, 0.25) is 0 Å². The van der Waals surface area contributed by atoms with Crippen LogP contribution in [-0.4, -0.2) is 57.1 Å². The predicted molar refractivity (Wildman–Crippen MR) is 151 cm³/mol. The number of aryl methyl sites for hydroxylation is 1. The zero-order chi connectivity index (χ0) is 27.7. The molecule has 0 aromatic heterocycles. The van der Waals surface area contributed by atoms with Gasteiger partial charge in [0.2, 0.25) is 21.8 Å². The van der Waals surface area contributed by atoms with Gasteiger partial charge in [0, 0.05) is 25.6 Å². The van der Waals surface area contributed by atoms with E-state index in [-0.39, 0.29) is 30.8 Å². The van der Waals surface area contributed by atoms with Crippen molar-refractivity contribution in [3.8, 4) is 5.75 Å². The van der Waals surface area contributed by atoms with Crippen LogP contribution >= 0.6 is 0 Å². The summed E-state index contributed by atoms with van der Waals surface area (Å²) >= 11 is 0. The molecule has 1 N–H and O–H groups in total. The summed E-state index contributed by atoms with van der Waals surface area (Å²) in [6, 6.07) is 14.2. The van der Waals surface area contributed by atoms with Crippen LogP contribution in [0.1, 0.15) is 63.0 Å². The highest BCUT2D eigenvalue weighted by atomic mass is 32.2. The largest absolute Gasteiger partial charge is 0.497 e. The lowest BCUT2D eigenvalue weighted by Crippen LogP contribution is -2.50. The van der Waals surface area contributed by atoms with E-state index in [1.54, 1.807) is 43.2 Å². The van der Waals surface area contributed by atoms with E-state index in [2.05, 4.69) is 5.32 Å². The van der Waals surface area contributed by atoms with Crippen molar-refractivity contribution in [2.75, 3.05) is 24.2 Å². The zero-order valence-corrected chi connectivity index (χ0v) is 23.8. The van der Waals surface area contributed by atoms with E-state index in [4.69, 9.17) is 4.74 Å². The molecule has 3 rings (SSSR count). The van der Waals surface area contributed by atoms with Crippen LogP contribution in [0.5, 0.6) is 5.75 Å². The number of nitrogens with one attached hydrogen (secondary N) is 1. The molecule has 0 bridgehead atoms. The second-order valence-corrected chi connectivity index (χ2v) is 12.1. The second kappa shape index (κ2) is 13.6. The van der Waals surface area contributed by atoms with Gasteiger partial charge in [-0.05, 0) is 62.9 Å². The number of benzene rings is 2. The average Bonchev–Trinajstić information content (AvgIpc) is 2.89. The molecule has 2 aromatic carbocycles. The molecule has 1 atom stereocenters. The molecule has 2 aromatic rings. The first-order valence-corrected chi connectivity index (χ1v) is 15.2.